The third-order valence-corrected chi connectivity index (χ3v) is 4.01. The molecule has 5 N–H and O–H groups in total. The highest BCUT2D eigenvalue weighted by atomic mass is 16.5. The van der Waals surface area contributed by atoms with Crippen molar-refractivity contribution in [3.63, 3.8) is 0 Å². The van der Waals surface area contributed by atoms with E-state index in [9.17, 15) is 14.4 Å². The standard InChI is InChI=1S/C17H18N8O2.C5H10O2/c1-19-24-16(26)12-4-2-3-11(7-12)9-25-10-13(8-22-25)23-17(27)14-15(18)21-6-5-20-14;1-5(2,3)7-4-6/h2-8,10,19H,9H2,1H3,(H2,18,21)(H,23,27)(H,24,26);4H,1-3H3. The lowest BCUT2D eigenvalue weighted by molar-refractivity contribution is -0.138. The monoisotopic (exact) mass is 468 g/mol. The molecule has 12 nitrogen and oxygen atoms in total. The number of carbonyl (C=O) groups excluding carboxylic acids is 3. The first-order valence-corrected chi connectivity index (χ1v) is 10.2. The van der Waals surface area contributed by atoms with Crippen LogP contribution in [0, 0.1) is 0 Å². The molecule has 180 valence electrons. The van der Waals surface area contributed by atoms with Crippen LogP contribution in [0.15, 0.2) is 49.1 Å². The number of hydrogen-bond acceptors (Lipinski definition) is 9. The van der Waals surface area contributed by atoms with Crippen molar-refractivity contribution in [3.05, 3.63) is 65.9 Å². The lowest BCUT2D eigenvalue weighted by atomic mass is 10.1. The second-order valence-electron chi connectivity index (χ2n) is 7.90. The number of nitrogens with one attached hydrogen (secondary N) is 3. The normalized spacial score (nSPS) is 10.5. The van der Waals surface area contributed by atoms with Gasteiger partial charge < -0.3 is 15.8 Å². The van der Waals surface area contributed by atoms with E-state index in [0.29, 0.717) is 24.3 Å². The van der Waals surface area contributed by atoms with Crippen LogP contribution >= 0.6 is 0 Å². The topological polar surface area (TPSA) is 166 Å². The molecule has 1 aromatic carbocycles. The van der Waals surface area contributed by atoms with Gasteiger partial charge in [-0.15, -0.1) is 0 Å². The maximum atomic E-state index is 12.2. The molecule has 0 unspecified atom stereocenters. The van der Waals surface area contributed by atoms with Crippen LogP contribution in [-0.2, 0) is 16.1 Å². The van der Waals surface area contributed by atoms with Gasteiger partial charge in [0, 0.05) is 31.2 Å². The minimum absolute atomic E-state index is 0.0495. The third kappa shape index (κ3) is 8.31. The molecule has 0 aliphatic heterocycles. The van der Waals surface area contributed by atoms with Crippen molar-refractivity contribution < 1.29 is 19.1 Å². The summed E-state index contributed by atoms with van der Waals surface area (Å²) in [5, 5.41) is 6.89. The second-order valence-corrected chi connectivity index (χ2v) is 7.90. The molecule has 3 aromatic rings. The summed E-state index contributed by atoms with van der Waals surface area (Å²) < 4.78 is 6.19. The van der Waals surface area contributed by atoms with Gasteiger partial charge in [-0.25, -0.2) is 15.4 Å². The van der Waals surface area contributed by atoms with Crippen LogP contribution in [0.4, 0.5) is 11.5 Å². The Morgan fingerprint density at radius 3 is 2.53 bits per heavy atom. The number of ether oxygens (including phenoxy) is 1. The minimum Gasteiger partial charge on any atom is -0.462 e. The number of rotatable bonds is 7. The van der Waals surface area contributed by atoms with E-state index in [2.05, 4.69) is 36.0 Å². The van der Waals surface area contributed by atoms with Crippen molar-refractivity contribution >= 4 is 29.8 Å². The molecular formula is C22H28N8O4. The minimum atomic E-state index is -0.467. The second kappa shape index (κ2) is 12.1. The molecule has 0 atom stereocenters. The van der Waals surface area contributed by atoms with Crippen LogP contribution < -0.4 is 21.9 Å². The number of carbonyl (C=O) groups is 3. The smallest absolute Gasteiger partial charge is 0.293 e. The number of hydrazine groups is 1. The van der Waals surface area contributed by atoms with Crippen molar-refractivity contribution in [3.8, 4) is 0 Å². The number of hydrogen-bond donors (Lipinski definition) is 4. The Bertz CT molecular complexity index is 1120. The van der Waals surface area contributed by atoms with E-state index in [0.717, 1.165) is 5.56 Å². The van der Waals surface area contributed by atoms with Gasteiger partial charge in [0.25, 0.3) is 18.3 Å². The average Bonchev–Trinajstić information content (AvgIpc) is 3.20. The van der Waals surface area contributed by atoms with Gasteiger partial charge in [0.2, 0.25) is 0 Å². The van der Waals surface area contributed by atoms with Crippen molar-refractivity contribution in [2.75, 3.05) is 18.1 Å². The number of nitrogens with zero attached hydrogens (tertiary/aromatic N) is 4. The maximum absolute atomic E-state index is 12.2. The SMILES string of the molecule is CC(C)(C)OC=O.CNNC(=O)c1cccc(Cn2cc(NC(=O)c3nccnc3N)cn2)c1. The first kappa shape index (κ1) is 25.9. The molecule has 0 fully saturated rings. The molecule has 12 heteroatoms. The van der Waals surface area contributed by atoms with E-state index >= 15 is 0 Å². The summed E-state index contributed by atoms with van der Waals surface area (Å²) in [6.45, 7) is 6.36. The molecule has 2 aromatic heterocycles. The molecule has 0 radical (unpaired) electrons. The molecule has 0 aliphatic carbocycles. The van der Waals surface area contributed by atoms with Gasteiger partial charge in [-0.3, -0.25) is 24.5 Å². The molecule has 3 rings (SSSR count). The van der Waals surface area contributed by atoms with Crippen LogP contribution in [0.3, 0.4) is 0 Å². The van der Waals surface area contributed by atoms with Crippen molar-refractivity contribution in [2.24, 2.45) is 0 Å². The fourth-order valence-electron chi connectivity index (χ4n) is 2.56. The van der Waals surface area contributed by atoms with Crippen LogP contribution in [0.2, 0.25) is 0 Å². The van der Waals surface area contributed by atoms with Crippen molar-refractivity contribution in [2.45, 2.75) is 32.9 Å². The predicted molar refractivity (Wildman–Crippen MR) is 126 cm³/mol. The number of nitrogens with two attached hydrogens (primary N) is 1. The summed E-state index contributed by atoms with van der Waals surface area (Å²) in [6, 6.07) is 7.17. The third-order valence-electron chi connectivity index (χ3n) is 4.01. The summed E-state index contributed by atoms with van der Waals surface area (Å²) in [5.41, 5.74) is 12.4. The van der Waals surface area contributed by atoms with Gasteiger partial charge in [-0.1, -0.05) is 12.1 Å². The number of aromatic nitrogens is 4. The first-order chi connectivity index (χ1) is 16.1. The summed E-state index contributed by atoms with van der Waals surface area (Å²) in [7, 11) is 1.62. The van der Waals surface area contributed by atoms with E-state index in [1.54, 1.807) is 36.1 Å². The summed E-state index contributed by atoms with van der Waals surface area (Å²) in [5.74, 6) is -0.640. The van der Waals surface area contributed by atoms with E-state index in [1.807, 2.05) is 26.8 Å². The Morgan fingerprint density at radius 1 is 1.18 bits per heavy atom. The van der Waals surface area contributed by atoms with E-state index < -0.39 is 5.91 Å². The lowest BCUT2D eigenvalue weighted by Crippen LogP contribution is -2.34. The number of benzene rings is 1. The van der Waals surface area contributed by atoms with Crippen LogP contribution in [0.1, 0.15) is 47.2 Å². The maximum Gasteiger partial charge on any atom is 0.293 e. The molecular weight excluding hydrogens is 440 g/mol. The zero-order valence-corrected chi connectivity index (χ0v) is 19.4. The summed E-state index contributed by atoms with van der Waals surface area (Å²) in [4.78, 5) is 41.4. The molecule has 0 saturated heterocycles. The van der Waals surface area contributed by atoms with Gasteiger partial charge in [-0.2, -0.15) is 5.10 Å². The van der Waals surface area contributed by atoms with Gasteiger partial charge in [0.1, 0.15) is 5.60 Å². The highest BCUT2D eigenvalue weighted by Crippen LogP contribution is 2.12. The quantitative estimate of drug-likeness (QED) is 0.296. The highest BCUT2D eigenvalue weighted by Gasteiger charge is 2.13. The Hall–Kier alpha value is -4.32. The first-order valence-electron chi connectivity index (χ1n) is 10.2. The fraction of sp³-hybridized carbons (Fsp3) is 0.273. The predicted octanol–water partition coefficient (Wildman–Crippen LogP) is 1.38. The Kier molecular flexibility index (Phi) is 9.20. The zero-order chi connectivity index (χ0) is 25.1. The van der Waals surface area contributed by atoms with E-state index in [-0.39, 0.29) is 23.0 Å². The Morgan fingerprint density at radius 2 is 1.91 bits per heavy atom. The number of anilines is 2. The van der Waals surface area contributed by atoms with E-state index in [4.69, 9.17) is 5.73 Å². The van der Waals surface area contributed by atoms with Gasteiger partial charge in [-0.05, 0) is 38.5 Å². The Balaban J connectivity index is 0.000000509. The highest BCUT2D eigenvalue weighted by molar-refractivity contribution is 6.05. The van der Waals surface area contributed by atoms with E-state index in [1.165, 1.54) is 18.6 Å². The molecule has 0 bridgehead atoms. The van der Waals surface area contributed by atoms with Crippen LogP contribution in [0.25, 0.3) is 0 Å². The largest absolute Gasteiger partial charge is 0.462 e. The summed E-state index contributed by atoms with van der Waals surface area (Å²) in [6.07, 6.45) is 5.99. The van der Waals surface area contributed by atoms with Gasteiger partial charge >= 0.3 is 0 Å². The van der Waals surface area contributed by atoms with Crippen LogP contribution in [0.5, 0.6) is 0 Å². The Labute approximate surface area is 196 Å². The molecule has 0 saturated carbocycles. The number of nitrogen functional groups attached to an aromatic ring is 1. The molecule has 0 aliphatic rings. The van der Waals surface area contributed by atoms with Crippen molar-refractivity contribution in [1.29, 1.82) is 0 Å². The van der Waals surface area contributed by atoms with Crippen molar-refractivity contribution in [1.82, 2.24) is 30.6 Å². The molecule has 2 heterocycles. The van der Waals surface area contributed by atoms with Crippen LogP contribution in [-0.4, -0.2) is 50.7 Å². The molecule has 0 spiro atoms. The van der Waals surface area contributed by atoms with Gasteiger partial charge in [0.15, 0.2) is 11.5 Å². The van der Waals surface area contributed by atoms with Gasteiger partial charge in [0.05, 0.1) is 18.4 Å². The molecule has 34 heavy (non-hydrogen) atoms. The number of amides is 2. The summed E-state index contributed by atoms with van der Waals surface area (Å²) >= 11 is 0. The lowest BCUT2D eigenvalue weighted by Gasteiger charge is -2.14. The average molecular weight is 469 g/mol. The fourth-order valence-corrected chi connectivity index (χ4v) is 2.56. The zero-order valence-electron chi connectivity index (χ0n) is 19.4. The molecule has 2 amide bonds.